The maximum atomic E-state index is 13.2. The summed E-state index contributed by atoms with van der Waals surface area (Å²) in [6.07, 6.45) is 3.60. The van der Waals surface area contributed by atoms with E-state index in [0.717, 1.165) is 0 Å². The molecule has 1 heterocycles. The predicted molar refractivity (Wildman–Crippen MR) is 143 cm³/mol. The van der Waals surface area contributed by atoms with Crippen LogP contribution in [-0.2, 0) is 35.4 Å². The number of carbonyl (C=O) groups is 2. The zero-order valence-corrected chi connectivity index (χ0v) is 24.0. The molecular formula is C25H25Cl3N2O8S. The number of carbonyl (C=O) groups excluding carboxylic acids is 2. The van der Waals surface area contributed by atoms with Gasteiger partial charge in [0.25, 0.3) is 0 Å². The molecule has 0 fully saturated rings. The lowest BCUT2D eigenvalue weighted by Gasteiger charge is -2.18. The van der Waals surface area contributed by atoms with Gasteiger partial charge in [-0.25, -0.2) is 13.4 Å². The van der Waals surface area contributed by atoms with Crippen LogP contribution in [0.15, 0.2) is 64.9 Å². The van der Waals surface area contributed by atoms with Gasteiger partial charge in [-0.3, -0.25) is 9.59 Å². The molecule has 0 saturated carbocycles. The van der Waals surface area contributed by atoms with E-state index in [1.165, 1.54) is 50.2 Å². The molecular weight excluding hydrogens is 595 g/mol. The summed E-state index contributed by atoms with van der Waals surface area (Å²) >= 11 is 18.3. The number of ether oxygens (including phenoxy) is 4. The molecule has 0 amide bonds. The molecule has 210 valence electrons. The van der Waals surface area contributed by atoms with Crippen LogP contribution >= 0.6 is 34.8 Å². The third kappa shape index (κ3) is 8.76. The number of imidazole rings is 1. The smallest absolute Gasteiger partial charge is 0.303 e. The highest BCUT2D eigenvalue weighted by Gasteiger charge is 2.23. The van der Waals surface area contributed by atoms with Gasteiger partial charge in [0.1, 0.15) is 25.1 Å². The molecule has 2 atom stereocenters. The Morgan fingerprint density at radius 2 is 1.51 bits per heavy atom. The third-order valence-electron chi connectivity index (χ3n) is 5.08. The number of aromatic nitrogens is 2. The number of benzene rings is 2. The van der Waals surface area contributed by atoms with E-state index in [4.69, 9.17) is 53.8 Å². The fraction of sp³-hybridized carbons (Fsp3) is 0.320. The molecule has 0 radical (unpaired) electrons. The van der Waals surface area contributed by atoms with E-state index in [0.29, 0.717) is 12.3 Å². The summed E-state index contributed by atoms with van der Waals surface area (Å²) in [5, 5.41) is -0.0989. The Balaban J connectivity index is 1.69. The molecule has 0 saturated heterocycles. The average molecular weight is 620 g/mol. The maximum Gasteiger partial charge on any atom is 0.303 e. The third-order valence-corrected chi connectivity index (χ3v) is 7.73. The number of halogens is 3. The minimum atomic E-state index is -4.00. The van der Waals surface area contributed by atoms with Crippen molar-refractivity contribution in [1.29, 1.82) is 0 Å². The lowest BCUT2D eigenvalue weighted by Crippen LogP contribution is -2.28. The summed E-state index contributed by atoms with van der Waals surface area (Å²) in [6.45, 7) is 2.79. The van der Waals surface area contributed by atoms with E-state index >= 15 is 0 Å². The van der Waals surface area contributed by atoms with E-state index in [-0.39, 0.29) is 44.7 Å². The summed E-state index contributed by atoms with van der Waals surface area (Å²) in [4.78, 5) is 26.4. The largest absolute Gasteiger partial charge is 0.490 e. The number of hydrogen-bond acceptors (Lipinski definition) is 9. The number of nitrogens with zero attached hydrogens (tertiary/aromatic N) is 2. The summed E-state index contributed by atoms with van der Waals surface area (Å²) in [6, 6.07) is 8.14. The topological polar surface area (TPSA) is 123 Å². The molecule has 0 spiro atoms. The predicted octanol–water partition coefficient (Wildman–Crippen LogP) is 4.58. The molecule has 0 N–H and O–H groups in total. The Bertz CT molecular complexity index is 1360. The summed E-state index contributed by atoms with van der Waals surface area (Å²) in [7, 11) is -4.00. The molecule has 0 aliphatic rings. The molecule has 39 heavy (non-hydrogen) atoms. The molecule has 1 aromatic heterocycles. The molecule has 14 heteroatoms. The van der Waals surface area contributed by atoms with Gasteiger partial charge in [-0.1, -0.05) is 23.2 Å². The Morgan fingerprint density at radius 3 is 2.05 bits per heavy atom. The Kier molecular flexibility index (Phi) is 10.9. The van der Waals surface area contributed by atoms with Crippen LogP contribution < -0.4 is 9.47 Å². The number of rotatable bonds is 13. The first kappa shape index (κ1) is 30.6. The molecule has 3 rings (SSSR count). The van der Waals surface area contributed by atoms with E-state index in [1.807, 2.05) is 0 Å². The van der Waals surface area contributed by atoms with Crippen LogP contribution in [0.5, 0.6) is 11.5 Å². The van der Waals surface area contributed by atoms with Gasteiger partial charge in [-0.2, -0.15) is 0 Å². The van der Waals surface area contributed by atoms with Crippen LogP contribution in [0.2, 0.25) is 10.0 Å². The van der Waals surface area contributed by atoms with Gasteiger partial charge in [0.15, 0.2) is 11.9 Å². The van der Waals surface area contributed by atoms with Gasteiger partial charge in [-0.05, 0) is 36.4 Å². The minimum Gasteiger partial charge on any atom is -0.490 e. The van der Waals surface area contributed by atoms with Crippen molar-refractivity contribution in [2.45, 2.75) is 42.4 Å². The maximum absolute atomic E-state index is 13.2. The van der Waals surface area contributed by atoms with Gasteiger partial charge < -0.3 is 23.5 Å². The monoisotopic (exact) mass is 618 g/mol. The quantitative estimate of drug-likeness (QED) is 0.200. The standard InChI is InChI=1S/C25H25Cl3N2O8S/c1-16(31)37-19(11-26)13-36-25-23(27)9-22(10-24(25)28)39(33,34)21-5-3-18(4-6-21)35-14-20(38-17(2)32)12-30-8-7-29-15-30/h3-10,15,19-20H,11-14H2,1-2H3/t19-,20-/m0/s1. The SMILES string of the molecule is CC(=O)O[C@H](COc1ccc(S(=O)(=O)c2cc(Cl)c(OC[C@H](CCl)OC(C)=O)c(Cl)c2)cc1)Cn1ccnc1. The number of alkyl halides is 1. The van der Waals surface area contributed by atoms with Gasteiger partial charge >= 0.3 is 11.9 Å². The Hall–Kier alpha value is -2.99. The van der Waals surface area contributed by atoms with Crippen LogP contribution in [0.1, 0.15) is 13.8 Å². The van der Waals surface area contributed by atoms with Crippen molar-refractivity contribution in [2.75, 3.05) is 19.1 Å². The molecule has 2 aromatic carbocycles. The number of hydrogen-bond donors (Lipinski definition) is 0. The summed E-state index contributed by atoms with van der Waals surface area (Å²) < 4.78 is 49.7. The van der Waals surface area contributed by atoms with Crippen LogP contribution in [0.25, 0.3) is 0 Å². The molecule has 3 aromatic rings. The molecule has 10 nitrogen and oxygen atoms in total. The zero-order chi connectivity index (χ0) is 28.6. The van der Waals surface area contributed by atoms with Crippen molar-refractivity contribution in [3.63, 3.8) is 0 Å². The van der Waals surface area contributed by atoms with E-state index in [9.17, 15) is 18.0 Å². The summed E-state index contributed by atoms with van der Waals surface area (Å²) in [5.41, 5.74) is 0. The highest BCUT2D eigenvalue weighted by atomic mass is 35.5. The second-order valence-corrected chi connectivity index (χ2v) is 11.3. The van der Waals surface area contributed by atoms with Gasteiger partial charge in [0.2, 0.25) is 9.84 Å². The highest BCUT2D eigenvalue weighted by molar-refractivity contribution is 7.91. The Labute approximate surface area is 240 Å². The van der Waals surface area contributed by atoms with Crippen molar-refractivity contribution in [1.82, 2.24) is 9.55 Å². The lowest BCUT2D eigenvalue weighted by molar-refractivity contribution is -0.148. The van der Waals surface area contributed by atoms with Crippen LogP contribution in [0, 0.1) is 0 Å². The van der Waals surface area contributed by atoms with E-state index < -0.39 is 34.0 Å². The van der Waals surface area contributed by atoms with Crippen molar-refractivity contribution >= 4 is 56.6 Å². The fourth-order valence-electron chi connectivity index (χ4n) is 3.38. The highest BCUT2D eigenvalue weighted by Crippen LogP contribution is 2.37. The Morgan fingerprint density at radius 1 is 0.923 bits per heavy atom. The van der Waals surface area contributed by atoms with Crippen LogP contribution in [-0.4, -0.2) is 61.2 Å². The van der Waals surface area contributed by atoms with Gasteiger partial charge in [-0.15, -0.1) is 11.6 Å². The second-order valence-electron chi connectivity index (χ2n) is 8.19. The molecule has 0 aliphatic carbocycles. The van der Waals surface area contributed by atoms with Crippen molar-refractivity contribution in [3.05, 3.63) is 65.2 Å². The van der Waals surface area contributed by atoms with Crippen LogP contribution in [0.3, 0.4) is 0 Å². The molecule has 0 aliphatic heterocycles. The summed E-state index contributed by atoms with van der Waals surface area (Å²) in [5.74, 6) is -0.602. The van der Waals surface area contributed by atoms with Crippen molar-refractivity contribution in [2.24, 2.45) is 0 Å². The molecule has 0 unspecified atom stereocenters. The normalized spacial score (nSPS) is 12.8. The lowest BCUT2D eigenvalue weighted by atomic mass is 10.3. The second kappa shape index (κ2) is 13.9. The van der Waals surface area contributed by atoms with Gasteiger partial charge in [0, 0.05) is 26.2 Å². The number of esters is 2. The van der Waals surface area contributed by atoms with E-state index in [2.05, 4.69) is 4.98 Å². The first-order chi connectivity index (χ1) is 18.5. The first-order valence-corrected chi connectivity index (χ1v) is 14.2. The number of sulfone groups is 1. The van der Waals surface area contributed by atoms with E-state index in [1.54, 1.807) is 23.3 Å². The van der Waals surface area contributed by atoms with Crippen molar-refractivity contribution < 1.29 is 37.0 Å². The first-order valence-electron chi connectivity index (χ1n) is 11.5. The fourth-order valence-corrected chi connectivity index (χ4v) is 5.57. The van der Waals surface area contributed by atoms with Crippen molar-refractivity contribution in [3.8, 4) is 11.5 Å². The van der Waals surface area contributed by atoms with Crippen LogP contribution in [0.4, 0.5) is 0 Å². The zero-order valence-electron chi connectivity index (χ0n) is 20.9. The molecule has 0 bridgehead atoms. The van der Waals surface area contributed by atoms with Gasteiger partial charge in [0.05, 0.1) is 38.6 Å². The average Bonchev–Trinajstić information content (AvgIpc) is 3.38. The minimum absolute atomic E-state index is 0.0178.